The van der Waals surface area contributed by atoms with Gasteiger partial charge in [-0.3, -0.25) is 0 Å². The molecular formula is C14H26N2. The Balaban J connectivity index is 2.68. The van der Waals surface area contributed by atoms with Crippen molar-refractivity contribution in [2.75, 3.05) is 21.1 Å². The highest BCUT2D eigenvalue weighted by Crippen LogP contribution is 2.37. The van der Waals surface area contributed by atoms with Gasteiger partial charge in [0.1, 0.15) is 0 Å². The van der Waals surface area contributed by atoms with Crippen molar-refractivity contribution in [2.45, 2.75) is 57.0 Å². The summed E-state index contributed by atoms with van der Waals surface area (Å²) in [6.07, 6.45) is 7.56. The molecule has 1 fully saturated rings. The number of likely N-dealkylation sites (N-methyl/N-ethyl adjacent to an activating group) is 2. The van der Waals surface area contributed by atoms with Crippen LogP contribution in [0.1, 0.15) is 45.4 Å². The molecule has 1 aliphatic rings. The second kappa shape index (κ2) is 6.27. The van der Waals surface area contributed by atoms with Gasteiger partial charge in [-0.2, -0.15) is 0 Å². The van der Waals surface area contributed by atoms with Crippen molar-refractivity contribution < 1.29 is 0 Å². The second-order valence-electron chi connectivity index (χ2n) is 5.01. The zero-order valence-corrected chi connectivity index (χ0v) is 11.3. The van der Waals surface area contributed by atoms with E-state index in [4.69, 9.17) is 0 Å². The van der Waals surface area contributed by atoms with Crippen LogP contribution in [0.3, 0.4) is 0 Å². The van der Waals surface area contributed by atoms with E-state index in [-0.39, 0.29) is 0 Å². The lowest BCUT2D eigenvalue weighted by atomic mass is 9.84. The molecule has 0 bridgehead atoms. The number of hydrogen-bond acceptors (Lipinski definition) is 2. The average molecular weight is 222 g/mol. The van der Waals surface area contributed by atoms with Gasteiger partial charge in [0, 0.05) is 18.0 Å². The van der Waals surface area contributed by atoms with Gasteiger partial charge in [0.05, 0.1) is 0 Å². The summed E-state index contributed by atoms with van der Waals surface area (Å²) in [5.74, 6) is 6.17. The van der Waals surface area contributed by atoms with E-state index in [2.05, 4.69) is 43.2 Å². The van der Waals surface area contributed by atoms with E-state index in [1.54, 1.807) is 0 Å². The molecule has 1 atom stereocenters. The molecule has 0 aromatic heterocycles. The van der Waals surface area contributed by atoms with Crippen molar-refractivity contribution in [2.24, 2.45) is 0 Å². The molecule has 1 aliphatic carbocycles. The van der Waals surface area contributed by atoms with Crippen LogP contribution in [-0.4, -0.2) is 37.6 Å². The summed E-state index contributed by atoms with van der Waals surface area (Å²) in [7, 11) is 6.54. The molecule has 0 radical (unpaired) electrons. The van der Waals surface area contributed by atoms with Crippen molar-refractivity contribution in [3.63, 3.8) is 0 Å². The SMILES string of the molecule is CC#CCCC(NC)C1(N(C)C)CCCC1. The molecule has 1 unspecified atom stereocenters. The van der Waals surface area contributed by atoms with Crippen LogP contribution in [-0.2, 0) is 0 Å². The van der Waals surface area contributed by atoms with Crippen LogP contribution in [0.25, 0.3) is 0 Å². The summed E-state index contributed by atoms with van der Waals surface area (Å²) >= 11 is 0. The topological polar surface area (TPSA) is 15.3 Å². The van der Waals surface area contributed by atoms with Crippen LogP contribution < -0.4 is 5.32 Å². The summed E-state index contributed by atoms with van der Waals surface area (Å²) in [5.41, 5.74) is 0.365. The largest absolute Gasteiger partial charge is 0.315 e. The molecule has 92 valence electrons. The first kappa shape index (κ1) is 13.5. The first-order valence-electron chi connectivity index (χ1n) is 6.41. The quantitative estimate of drug-likeness (QED) is 0.718. The third-order valence-electron chi connectivity index (χ3n) is 4.09. The predicted molar refractivity (Wildman–Crippen MR) is 70.4 cm³/mol. The molecule has 1 saturated carbocycles. The smallest absolute Gasteiger partial charge is 0.0356 e. The molecule has 2 heteroatoms. The Morgan fingerprint density at radius 1 is 1.31 bits per heavy atom. The molecular weight excluding hydrogens is 196 g/mol. The highest BCUT2D eigenvalue weighted by Gasteiger charge is 2.41. The van der Waals surface area contributed by atoms with Crippen molar-refractivity contribution in [3.8, 4) is 11.8 Å². The minimum atomic E-state index is 0.365. The van der Waals surface area contributed by atoms with Crippen molar-refractivity contribution in [3.05, 3.63) is 0 Å². The summed E-state index contributed by atoms with van der Waals surface area (Å²) in [6, 6.07) is 0.575. The molecule has 2 nitrogen and oxygen atoms in total. The van der Waals surface area contributed by atoms with Crippen LogP contribution in [0.15, 0.2) is 0 Å². The number of nitrogens with zero attached hydrogens (tertiary/aromatic N) is 1. The Morgan fingerprint density at radius 3 is 2.38 bits per heavy atom. The molecule has 0 aromatic carbocycles. The van der Waals surface area contributed by atoms with Crippen LogP contribution >= 0.6 is 0 Å². The third kappa shape index (κ3) is 2.78. The van der Waals surface area contributed by atoms with E-state index in [9.17, 15) is 0 Å². The molecule has 0 aromatic rings. The van der Waals surface area contributed by atoms with E-state index in [1.165, 1.54) is 25.7 Å². The number of rotatable bonds is 5. The lowest BCUT2D eigenvalue weighted by molar-refractivity contribution is 0.105. The Bertz CT molecular complexity index is 254. The van der Waals surface area contributed by atoms with Gasteiger partial charge in [0.25, 0.3) is 0 Å². The maximum Gasteiger partial charge on any atom is 0.0356 e. The van der Waals surface area contributed by atoms with E-state index in [0.717, 1.165) is 12.8 Å². The maximum absolute atomic E-state index is 3.52. The van der Waals surface area contributed by atoms with Gasteiger partial charge in [-0.1, -0.05) is 12.8 Å². The van der Waals surface area contributed by atoms with Gasteiger partial charge in [0.15, 0.2) is 0 Å². The molecule has 16 heavy (non-hydrogen) atoms. The van der Waals surface area contributed by atoms with Gasteiger partial charge in [0.2, 0.25) is 0 Å². The maximum atomic E-state index is 3.52. The Kier molecular flexibility index (Phi) is 5.31. The van der Waals surface area contributed by atoms with Crippen LogP contribution in [0.2, 0.25) is 0 Å². The highest BCUT2D eigenvalue weighted by atomic mass is 15.2. The first-order chi connectivity index (χ1) is 7.67. The van der Waals surface area contributed by atoms with Crippen LogP contribution in [0, 0.1) is 11.8 Å². The van der Waals surface area contributed by atoms with E-state index >= 15 is 0 Å². The molecule has 1 N–H and O–H groups in total. The van der Waals surface area contributed by atoms with Crippen molar-refractivity contribution in [1.82, 2.24) is 10.2 Å². The van der Waals surface area contributed by atoms with Crippen molar-refractivity contribution in [1.29, 1.82) is 0 Å². The van der Waals surface area contributed by atoms with E-state index in [1.807, 2.05) is 6.92 Å². The van der Waals surface area contributed by atoms with Crippen LogP contribution in [0.5, 0.6) is 0 Å². The lowest BCUT2D eigenvalue weighted by Gasteiger charge is -2.43. The Labute approximate surface area is 101 Å². The molecule has 0 heterocycles. The van der Waals surface area contributed by atoms with Crippen molar-refractivity contribution >= 4 is 0 Å². The van der Waals surface area contributed by atoms with E-state index in [0.29, 0.717) is 11.6 Å². The van der Waals surface area contributed by atoms with Gasteiger partial charge in [-0.25, -0.2) is 0 Å². The fourth-order valence-corrected chi connectivity index (χ4v) is 3.12. The molecule has 0 spiro atoms. The van der Waals surface area contributed by atoms with Gasteiger partial charge < -0.3 is 10.2 Å². The highest BCUT2D eigenvalue weighted by molar-refractivity contribution is 5.04. The zero-order chi connectivity index (χ0) is 12.0. The van der Waals surface area contributed by atoms with Gasteiger partial charge >= 0.3 is 0 Å². The van der Waals surface area contributed by atoms with Gasteiger partial charge in [-0.05, 0) is 47.3 Å². The standard InChI is InChI=1S/C14H26N2/c1-5-6-7-10-13(15-2)14(16(3)4)11-8-9-12-14/h13,15H,7-12H2,1-4H3. The fraction of sp³-hybridized carbons (Fsp3) is 0.857. The fourth-order valence-electron chi connectivity index (χ4n) is 3.12. The lowest BCUT2D eigenvalue weighted by Crippen LogP contribution is -2.56. The summed E-state index contributed by atoms with van der Waals surface area (Å²) in [6.45, 7) is 1.92. The van der Waals surface area contributed by atoms with Gasteiger partial charge in [-0.15, -0.1) is 11.8 Å². The second-order valence-corrected chi connectivity index (χ2v) is 5.01. The predicted octanol–water partition coefficient (Wildman–Crippen LogP) is 2.25. The summed E-state index contributed by atoms with van der Waals surface area (Å²) in [5, 5.41) is 3.52. The molecule has 0 aliphatic heterocycles. The zero-order valence-electron chi connectivity index (χ0n) is 11.3. The first-order valence-corrected chi connectivity index (χ1v) is 6.41. The number of nitrogens with one attached hydrogen (secondary N) is 1. The summed E-state index contributed by atoms with van der Waals surface area (Å²) < 4.78 is 0. The Morgan fingerprint density at radius 2 is 1.94 bits per heavy atom. The average Bonchev–Trinajstić information content (AvgIpc) is 2.74. The minimum absolute atomic E-state index is 0.365. The molecule has 1 rings (SSSR count). The monoisotopic (exact) mass is 222 g/mol. The van der Waals surface area contributed by atoms with E-state index < -0.39 is 0 Å². The molecule has 0 amide bonds. The third-order valence-corrected chi connectivity index (χ3v) is 4.09. The van der Waals surface area contributed by atoms with Crippen LogP contribution in [0.4, 0.5) is 0 Å². The normalized spacial score (nSPS) is 20.6. The summed E-state index contributed by atoms with van der Waals surface area (Å²) in [4.78, 5) is 2.43. The Hall–Kier alpha value is -0.520. The number of hydrogen-bond donors (Lipinski definition) is 1. The molecule has 0 saturated heterocycles. The minimum Gasteiger partial charge on any atom is -0.315 e.